The van der Waals surface area contributed by atoms with E-state index in [0.29, 0.717) is 18.9 Å². The van der Waals surface area contributed by atoms with Crippen molar-refractivity contribution in [3.8, 4) is 0 Å². The fourth-order valence-corrected chi connectivity index (χ4v) is 1.85. The van der Waals surface area contributed by atoms with E-state index < -0.39 is 6.10 Å². The van der Waals surface area contributed by atoms with E-state index in [1.54, 1.807) is 6.07 Å². The number of ether oxygens (including phenoxy) is 1. The fraction of sp³-hybridized carbons (Fsp3) is 0.400. The predicted molar refractivity (Wildman–Crippen MR) is 58.3 cm³/mol. The molecule has 0 aromatic heterocycles. The summed E-state index contributed by atoms with van der Waals surface area (Å²) < 4.78 is 18.8. The average Bonchev–Trinajstić information content (AvgIpc) is 2.58. The van der Waals surface area contributed by atoms with Crippen molar-refractivity contribution in [1.29, 1.82) is 0 Å². The largest absolute Gasteiger partial charge is 0.388 e. The third-order valence-corrected chi connectivity index (χ3v) is 3.01. The second-order valence-electron chi connectivity index (χ2n) is 3.48. The van der Waals surface area contributed by atoms with Crippen LogP contribution in [0.5, 0.6) is 0 Å². The molecule has 82 valence electrons. The van der Waals surface area contributed by atoms with Crippen LogP contribution in [0.25, 0.3) is 0 Å². The molecule has 0 amide bonds. The zero-order valence-electron chi connectivity index (χ0n) is 7.91. The Morgan fingerprint density at radius 3 is 2.93 bits per heavy atom. The Labute approximate surface area is 95.4 Å². The molecular weight excluding hydrogens is 265 g/mol. The Morgan fingerprint density at radius 2 is 2.27 bits per heavy atom. The Hall–Kier alpha value is -0.650. The highest BCUT2D eigenvalue weighted by atomic mass is 79.9. The van der Waals surface area contributed by atoms with Gasteiger partial charge in [0.05, 0.1) is 31.0 Å². The number of anilines is 1. The van der Waals surface area contributed by atoms with Crippen molar-refractivity contribution in [1.82, 2.24) is 0 Å². The van der Waals surface area contributed by atoms with Crippen LogP contribution in [-0.2, 0) is 4.74 Å². The van der Waals surface area contributed by atoms with Crippen molar-refractivity contribution in [2.24, 2.45) is 0 Å². The number of hydrogen-bond acceptors (Lipinski definition) is 3. The number of aliphatic hydroxyl groups is 1. The number of aliphatic hydroxyl groups excluding tert-OH is 1. The minimum atomic E-state index is -0.542. The summed E-state index contributed by atoms with van der Waals surface area (Å²) in [5.41, 5.74) is 0.629. The van der Waals surface area contributed by atoms with E-state index in [9.17, 15) is 9.50 Å². The summed E-state index contributed by atoms with van der Waals surface area (Å²) >= 11 is 3.31. The van der Waals surface area contributed by atoms with Gasteiger partial charge in [0.1, 0.15) is 5.82 Å². The number of hydrogen-bond donors (Lipinski definition) is 2. The van der Waals surface area contributed by atoms with Gasteiger partial charge in [0, 0.05) is 4.47 Å². The molecule has 3 nitrogen and oxygen atoms in total. The molecule has 1 aliphatic rings. The molecule has 1 aromatic rings. The molecule has 0 radical (unpaired) electrons. The van der Waals surface area contributed by atoms with Gasteiger partial charge in [-0.1, -0.05) is 0 Å². The number of halogens is 2. The Morgan fingerprint density at radius 1 is 1.47 bits per heavy atom. The monoisotopic (exact) mass is 275 g/mol. The van der Waals surface area contributed by atoms with Gasteiger partial charge in [0.15, 0.2) is 0 Å². The molecular formula is C10H11BrFNO2. The van der Waals surface area contributed by atoms with E-state index in [1.165, 1.54) is 12.1 Å². The lowest BCUT2D eigenvalue weighted by Crippen LogP contribution is -2.31. The van der Waals surface area contributed by atoms with E-state index in [-0.39, 0.29) is 11.9 Å². The van der Waals surface area contributed by atoms with E-state index in [0.717, 1.165) is 4.47 Å². The van der Waals surface area contributed by atoms with Gasteiger partial charge in [-0.2, -0.15) is 0 Å². The number of nitrogens with one attached hydrogen (secondary N) is 1. The molecule has 1 heterocycles. The van der Waals surface area contributed by atoms with Crippen molar-refractivity contribution >= 4 is 21.6 Å². The summed E-state index contributed by atoms with van der Waals surface area (Å²) in [6.45, 7) is 0.759. The number of benzene rings is 1. The van der Waals surface area contributed by atoms with Crippen molar-refractivity contribution in [3.05, 3.63) is 28.5 Å². The van der Waals surface area contributed by atoms with E-state index >= 15 is 0 Å². The predicted octanol–water partition coefficient (Wildman–Crippen LogP) is 1.76. The van der Waals surface area contributed by atoms with Crippen LogP contribution in [0.3, 0.4) is 0 Å². The topological polar surface area (TPSA) is 41.5 Å². The highest BCUT2D eigenvalue weighted by Gasteiger charge is 2.26. The number of rotatable bonds is 2. The van der Waals surface area contributed by atoms with Crippen LogP contribution in [0.4, 0.5) is 10.1 Å². The summed E-state index contributed by atoms with van der Waals surface area (Å²) in [4.78, 5) is 0. The maximum absolute atomic E-state index is 13.0. The molecule has 0 spiro atoms. The van der Waals surface area contributed by atoms with Crippen molar-refractivity contribution in [2.45, 2.75) is 12.1 Å². The highest BCUT2D eigenvalue weighted by Crippen LogP contribution is 2.25. The van der Waals surface area contributed by atoms with Crippen molar-refractivity contribution in [3.63, 3.8) is 0 Å². The third-order valence-electron chi connectivity index (χ3n) is 2.32. The summed E-state index contributed by atoms with van der Waals surface area (Å²) in [6.07, 6.45) is -0.542. The second kappa shape index (κ2) is 4.47. The smallest absolute Gasteiger partial charge is 0.125 e. The van der Waals surface area contributed by atoms with E-state index in [4.69, 9.17) is 4.74 Å². The lowest BCUT2D eigenvalue weighted by molar-refractivity contribution is 0.125. The molecule has 2 atom stereocenters. The Bertz CT molecular complexity index is 361. The van der Waals surface area contributed by atoms with Crippen LogP contribution in [0.1, 0.15) is 0 Å². The van der Waals surface area contributed by atoms with E-state index in [2.05, 4.69) is 21.2 Å². The van der Waals surface area contributed by atoms with Gasteiger partial charge in [-0.05, 0) is 34.1 Å². The first-order valence-corrected chi connectivity index (χ1v) is 5.43. The van der Waals surface area contributed by atoms with Crippen LogP contribution in [-0.4, -0.2) is 30.5 Å². The molecule has 0 bridgehead atoms. The molecule has 2 rings (SSSR count). The molecule has 5 heteroatoms. The molecule has 1 saturated heterocycles. The molecule has 2 unspecified atom stereocenters. The first-order chi connectivity index (χ1) is 7.16. The molecule has 0 aliphatic carbocycles. The summed E-state index contributed by atoms with van der Waals surface area (Å²) in [6, 6.07) is 4.20. The molecule has 1 aliphatic heterocycles. The zero-order chi connectivity index (χ0) is 10.8. The molecule has 2 N–H and O–H groups in total. The van der Waals surface area contributed by atoms with Crippen LogP contribution in [0, 0.1) is 5.82 Å². The summed E-state index contributed by atoms with van der Waals surface area (Å²) in [5.74, 6) is -0.311. The first-order valence-electron chi connectivity index (χ1n) is 4.64. The Kier molecular flexibility index (Phi) is 3.23. The molecule has 15 heavy (non-hydrogen) atoms. The maximum atomic E-state index is 13.0. The zero-order valence-corrected chi connectivity index (χ0v) is 9.50. The van der Waals surface area contributed by atoms with Gasteiger partial charge in [-0.15, -0.1) is 0 Å². The average molecular weight is 276 g/mol. The van der Waals surface area contributed by atoms with Crippen LogP contribution in [0.15, 0.2) is 22.7 Å². The van der Waals surface area contributed by atoms with Gasteiger partial charge in [-0.3, -0.25) is 0 Å². The molecule has 1 fully saturated rings. The SMILES string of the molecule is OC1COCC1Nc1cc(F)ccc1Br. The van der Waals surface area contributed by atoms with Crippen molar-refractivity contribution in [2.75, 3.05) is 18.5 Å². The quantitative estimate of drug-likeness (QED) is 0.864. The van der Waals surface area contributed by atoms with Crippen LogP contribution < -0.4 is 5.32 Å². The highest BCUT2D eigenvalue weighted by molar-refractivity contribution is 9.10. The lowest BCUT2D eigenvalue weighted by Gasteiger charge is -2.17. The second-order valence-corrected chi connectivity index (χ2v) is 4.33. The minimum absolute atomic E-state index is 0.178. The standard InChI is InChI=1S/C10H11BrFNO2/c11-7-2-1-6(12)3-8(7)13-9-4-15-5-10(9)14/h1-3,9-10,13-14H,4-5H2. The fourth-order valence-electron chi connectivity index (χ4n) is 1.49. The van der Waals surface area contributed by atoms with Gasteiger partial charge >= 0.3 is 0 Å². The normalized spacial score (nSPS) is 25.5. The Balaban J connectivity index is 2.12. The third kappa shape index (κ3) is 2.48. The van der Waals surface area contributed by atoms with Gasteiger partial charge in [-0.25, -0.2) is 4.39 Å². The van der Waals surface area contributed by atoms with Gasteiger partial charge < -0.3 is 15.2 Å². The van der Waals surface area contributed by atoms with Crippen LogP contribution >= 0.6 is 15.9 Å². The first kappa shape index (κ1) is 10.9. The van der Waals surface area contributed by atoms with Gasteiger partial charge in [0.2, 0.25) is 0 Å². The van der Waals surface area contributed by atoms with E-state index in [1.807, 2.05) is 0 Å². The van der Waals surface area contributed by atoms with Crippen molar-refractivity contribution < 1.29 is 14.2 Å². The van der Waals surface area contributed by atoms with Crippen LogP contribution in [0.2, 0.25) is 0 Å². The maximum Gasteiger partial charge on any atom is 0.125 e. The lowest BCUT2D eigenvalue weighted by atomic mass is 10.2. The molecule has 0 saturated carbocycles. The minimum Gasteiger partial charge on any atom is -0.388 e. The molecule has 1 aromatic carbocycles. The summed E-state index contributed by atoms with van der Waals surface area (Å²) in [7, 11) is 0. The van der Waals surface area contributed by atoms with Gasteiger partial charge in [0.25, 0.3) is 0 Å². The summed E-state index contributed by atoms with van der Waals surface area (Å²) in [5, 5.41) is 12.6.